The van der Waals surface area contributed by atoms with Crippen LogP contribution in [0.25, 0.3) is 0 Å². The van der Waals surface area contributed by atoms with Crippen molar-refractivity contribution < 1.29 is 0 Å². The fourth-order valence-electron chi connectivity index (χ4n) is 3.07. The maximum atomic E-state index is 3.68. The molecule has 0 aromatic rings. The predicted octanol–water partition coefficient (Wildman–Crippen LogP) is 1.15. The Hall–Kier alpha value is -0.120. The average Bonchev–Trinajstić information content (AvgIpc) is 2.89. The monoisotopic (exact) mass is 225 g/mol. The van der Waals surface area contributed by atoms with Crippen LogP contribution < -0.4 is 5.32 Å². The summed E-state index contributed by atoms with van der Waals surface area (Å²) in [6, 6.07) is 1.61. The van der Waals surface area contributed by atoms with Crippen LogP contribution in [-0.4, -0.2) is 62.2 Å². The Morgan fingerprint density at radius 1 is 1.25 bits per heavy atom. The molecule has 0 spiro atoms. The summed E-state index contributed by atoms with van der Waals surface area (Å²) in [6.45, 7) is 4.86. The van der Waals surface area contributed by atoms with Crippen molar-refractivity contribution >= 4 is 0 Å². The first-order valence-corrected chi connectivity index (χ1v) is 6.88. The number of nitrogens with zero attached hydrogens (tertiary/aromatic N) is 2. The van der Waals surface area contributed by atoms with Gasteiger partial charge < -0.3 is 15.1 Å². The molecule has 1 unspecified atom stereocenters. The Kier molecular flexibility index (Phi) is 4.62. The van der Waals surface area contributed by atoms with Crippen LogP contribution in [0.15, 0.2) is 0 Å². The van der Waals surface area contributed by atoms with Crippen molar-refractivity contribution in [3.63, 3.8) is 0 Å². The van der Waals surface area contributed by atoms with E-state index in [2.05, 4.69) is 29.2 Å². The first-order valence-electron chi connectivity index (χ1n) is 6.88. The summed E-state index contributed by atoms with van der Waals surface area (Å²) < 4.78 is 0. The Morgan fingerprint density at radius 3 is 2.62 bits per heavy atom. The number of hydrogen-bond acceptors (Lipinski definition) is 3. The summed E-state index contributed by atoms with van der Waals surface area (Å²) in [6.07, 6.45) is 7.04. The van der Waals surface area contributed by atoms with E-state index in [1.165, 1.54) is 51.7 Å². The molecular weight excluding hydrogens is 198 g/mol. The minimum absolute atomic E-state index is 0.738. The van der Waals surface area contributed by atoms with E-state index in [9.17, 15) is 0 Å². The van der Waals surface area contributed by atoms with Gasteiger partial charge in [-0.3, -0.25) is 0 Å². The molecule has 3 heteroatoms. The average molecular weight is 225 g/mol. The standard InChI is InChI=1S/C13H27N3/c1-15-9-7-12(11-15)14-8-10-16(2)13-5-3-4-6-13/h12-14H,3-11H2,1-2H3. The summed E-state index contributed by atoms with van der Waals surface area (Å²) in [7, 11) is 4.50. The highest BCUT2D eigenvalue weighted by atomic mass is 15.2. The fraction of sp³-hybridized carbons (Fsp3) is 1.00. The second kappa shape index (κ2) is 5.99. The highest BCUT2D eigenvalue weighted by Gasteiger charge is 2.21. The maximum absolute atomic E-state index is 3.68. The van der Waals surface area contributed by atoms with E-state index >= 15 is 0 Å². The third kappa shape index (κ3) is 3.44. The fourth-order valence-corrected chi connectivity index (χ4v) is 3.07. The number of likely N-dealkylation sites (tertiary alicyclic amines) is 1. The zero-order chi connectivity index (χ0) is 11.4. The van der Waals surface area contributed by atoms with Gasteiger partial charge in [-0.1, -0.05) is 12.8 Å². The van der Waals surface area contributed by atoms with Gasteiger partial charge in [0.05, 0.1) is 0 Å². The molecule has 1 saturated heterocycles. The van der Waals surface area contributed by atoms with E-state index in [1.807, 2.05) is 0 Å². The van der Waals surface area contributed by atoms with E-state index in [4.69, 9.17) is 0 Å². The van der Waals surface area contributed by atoms with E-state index in [0.717, 1.165) is 18.6 Å². The lowest BCUT2D eigenvalue weighted by atomic mass is 10.2. The predicted molar refractivity (Wildman–Crippen MR) is 68.8 cm³/mol. The number of likely N-dealkylation sites (N-methyl/N-ethyl adjacent to an activating group) is 2. The summed E-state index contributed by atoms with van der Waals surface area (Å²) in [5, 5.41) is 3.68. The Labute approximate surface area is 100 Å². The van der Waals surface area contributed by atoms with Crippen LogP contribution in [0, 0.1) is 0 Å². The normalized spacial score (nSPS) is 28.3. The second-order valence-corrected chi connectivity index (χ2v) is 5.62. The molecule has 1 aliphatic carbocycles. The van der Waals surface area contributed by atoms with Gasteiger partial charge in [0.2, 0.25) is 0 Å². The van der Waals surface area contributed by atoms with Crippen molar-refractivity contribution in [1.29, 1.82) is 0 Å². The van der Waals surface area contributed by atoms with Gasteiger partial charge >= 0.3 is 0 Å². The first-order chi connectivity index (χ1) is 7.75. The van der Waals surface area contributed by atoms with Crippen LogP contribution >= 0.6 is 0 Å². The molecule has 2 aliphatic rings. The third-order valence-electron chi connectivity index (χ3n) is 4.24. The third-order valence-corrected chi connectivity index (χ3v) is 4.24. The molecule has 2 fully saturated rings. The van der Waals surface area contributed by atoms with Crippen molar-refractivity contribution in [3.05, 3.63) is 0 Å². The topological polar surface area (TPSA) is 18.5 Å². The molecular formula is C13H27N3. The van der Waals surface area contributed by atoms with Gasteiger partial charge in [-0.25, -0.2) is 0 Å². The number of nitrogens with one attached hydrogen (secondary N) is 1. The van der Waals surface area contributed by atoms with Crippen LogP contribution in [-0.2, 0) is 0 Å². The molecule has 3 nitrogen and oxygen atoms in total. The highest BCUT2D eigenvalue weighted by Crippen LogP contribution is 2.21. The van der Waals surface area contributed by atoms with E-state index < -0.39 is 0 Å². The summed E-state index contributed by atoms with van der Waals surface area (Å²) in [5.41, 5.74) is 0. The Bertz CT molecular complexity index is 201. The Morgan fingerprint density at radius 2 is 2.00 bits per heavy atom. The van der Waals surface area contributed by atoms with E-state index in [-0.39, 0.29) is 0 Å². The lowest BCUT2D eigenvalue weighted by Gasteiger charge is -2.24. The van der Waals surface area contributed by atoms with E-state index in [1.54, 1.807) is 0 Å². The van der Waals surface area contributed by atoms with Gasteiger partial charge in [-0.15, -0.1) is 0 Å². The molecule has 0 amide bonds. The van der Waals surface area contributed by atoms with Gasteiger partial charge in [-0.2, -0.15) is 0 Å². The van der Waals surface area contributed by atoms with Gasteiger partial charge in [-0.05, 0) is 39.9 Å². The number of hydrogen-bond donors (Lipinski definition) is 1. The summed E-state index contributed by atoms with van der Waals surface area (Å²) in [4.78, 5) is 4.97. The van der Waals surface area contributed by atoms with Gasteiger partial charge in [0.15, 0.2) is 0 Å². The minimum Gasteiger partial charge on any atom is -0.311 e. The van der Waals surface area contributed by atoms with Gasteiger partial charge in [0.25, 0.3) is 0 Å². The van der Waals surface area contributed by atoms with Gasteiger partial charge in [0, 0.05) is 31.7 Å². The molecule has 1 N–H and O–H groups in total. The molecule has 2 rings (SSSR count). The molecule has 0 radical (unpaired) electrons. The summed E-state index contributed by atoms with van der Waals surface area (Å²) in [5.74, 6) is 0. The molecule has 0 aromatic heterocycles. The number of rotatable bonds is 5. The Balaban J connectivity index is 1.56. The second-order valence-electron chi connectivity index (χ2n) is 5.62. The zero-order valence-electron chi connectivity index (χ0n) is 10.9. The van der Waals surface area contributed by atoms with E-state index in [0.29, 0.717) is 0 Å². The maximum Gasteiger partial charge on any atom is 0.0207 e. The molecule has 16 heavy (non-hydrogen) atoms. The summed E-state index contributed by atoms with van der Waals surface area (Å²) >= 11 is 0. The van der Waals surface area contributed by atoms with Crippen LogP contribution in [0.5, 0.6) is 0 Å². The molecule has 1 atom stereocenters. The van der Waals surface area contributed by atoms with Crippen molar-refractivity contribution in [2.75, 3.05) is 40.3 Å². The molecule has 1 saturated carbocycles. The van der Waals surface area contributed by atoms with Crippen molar-refractivity contribution in [2.24, 2.45) is 0 Å². The van der Waals surface area contributed by atoms with Gasteiger partial charge in [0.1, 0.15) is 0 Å². The first kappa shape index (κ1) is 12.3. The molecule has 1 heterocycles. The highest BCUT2D eigenvalue weighted by molar-refractivity contribution is 4.80. The van der Waals surface area contributed by atoms with Crippen LogP contribution in [0.2, 0.25) is 0 Å². The van der Waals surface area contributed by atoms with Crippen LogP contribution in [0.1, 0.15) is 32.1 Å². The van der Waals surface area contributed by atoms with Crippen LogP contribution in [0.4, 0.5) is 0 Å². The lowest BCUT2D eigenvalue weighted by Crippen LogP contribution is -2.39. The van der Waals surface area contributed by atoms with Crippen molar-refractivity contribution in [1.82, 2.24) is 15.1 Å². The quantitative estimate of drug-likeness (QED) is 0.757. The lowest BCUT2D eigenvalue weighted by molar-refractivity contribution is 0.242. The SMILES string of the molecule is CN1CCC(NCCN(C)C2CCCC2)C1. The smallest absolute Gasteiger partial charge is 0.0207 e. The molecule has 0 aromatic carbocycles. The molecule has 94 valence electrons. The van der Waals surface area contributed by atoms with Crippen molar-refractivity contribution in [2.45, 2.75) is 44.2 Å². The molecule has 1 aliphatic heterocycles. The molecule has 0 bridgehead atoms. The largest absolute Gasteiger partial charge is 0.311 e. The van der Waals surface area contributed by atoms with Crippen LogP contribution in [0.3, 0.4) is 0 Å². The minimum atomic E-state index is 0.738. The van der Waals surface area contributed by atoms with Crippen molar-refractivity contribution in [3.8, 4) is 0 Å². The zero-order valence-corrected chi connectivity index (χ0v) is 10.9.